The van der Waals surface area contributed by atoms with E-state index in [4.69, 9.17) is 23.2 Å². The molecule has 19 heteroatoms. The second-order valence-electron chi connectivity index (χ2n) is 6.02. The number of hydrogen-bond acceptors (Lipinski definition) is 1. The Morgan fingerprint density at radius 3 is 1.48 bits per heavy atom. The molecule has 0 saturated carbocycles. The summed E-state index contributed by atoms with van der Waals surface area (Å²) in [4.78, 5) is 11.4. The molecule has 0 heterocycles. The average Bonchev–Trinajstić information content (AvgIpc) is 2.62. The van der Waals surface area contributed by atoms with Gasteiger partial charge in [-0.25, -0.2) is 0 Å². The Hall–Kier alpha value is -1.42. The first-order valence-corrected chi connectivity index (χ1v) is 8.54. The molecule has 1 amide bonds. The van der Waals surface area contributed by atoms with Crippen LogP contribution in [0, 0.1) is 0 Å². The Morgan fingerprint density at radius 2 is 1.06 bits per heavy atom. The normalized spacial score (nSPS) is 14.9. The zero-order chi connectivity index (χ0) is 26.6. The Kier molecular flexibility index (Phi) is 7.50. The Morgan fingerprint density at radius 1 is 0.667 bits per heavy atom. The van der Waals surface area contributed by atoms with Gasteiger partial charge in [0.2, 0.25) is 0 Å². The predicted molar refractivity (Wildman–Crippen MR) is 85.6 cm³/mol. The molecule has 33 heavy (non-hydrogen) atoms. The average molecular weight is 575 g/mol. The molecule has 0 aromatic heterocycles. The van der Waals surface area contributed by atoms with E-state index in [1.807, 2.05) is 0 Å². The standard InChI is InChI=1S/C14H4Cl3F14NO/c15-4-1-2-5(16)6(3-4)32-7(33)8(18,19)9(20,21)10(22,23)11(24,25)12(26,27)13(28,29)14(17,30)31/h1-3H,(H,32,33). The quantitative estimate of drug-likeness (QED) is 0.252. The molecule has 0 fully saturated rings. The van der Waals surface area contributed by atoms with Crippen molar-refractivity contribution in [3.63, 3.8) is 0 Å². The fourth-order valence-corrected chi connectivity index (χ4v) is 2.36. The first kappa shape index (κ1) is 29.6. The van der Waals surface area contributed by atoms with Crippen molar-refractivity contribution in [1.29, 1.82) is 0 Å². The summed E-state index contributed by atoms with van der Waals surface area (Å²) in [6.07, 6.45) is 0. The highest BCUT2D eigenvalue weighted by Crippen LogP contribution is 2.62. The lowest BCUT2D eigenvalue weighted by Crippen LogP contribution is -2.73. The molecule has 0 unspecified atom stereocenters. The van der Waals surface area contributed by atoms with E-state index in [0.29, 0.717) is 6.07 Å². The van der Waals surface area contributed by atoms with Crippen molar-refractivity contribution in [1.82, 2.24) is 0 Å². The summed E-state index contributed by atoms with van der Waals surface area (Å²) in [5.74, 6) is -50.9. The highest BCUT2D eigenvalue weighted by atomic mass is 35.5. The fourth-order valence-electron chi connectivity index (χ4n) is 1.90. The monoisotopic (exact) mass is 573 g/mol. The van der Waals surface area contributed by atoms with Crippen LogP contribution < -0.4 is 5.32 Å². The molecule has 0 radical (unpaired) electrons. The number of amides is 1. The minimum Gasteiger partial charge on any atom is -0.319 e. The second-order valence-corrected chi connectivity index (χ2v) is 7.34. The van der Waals surface area contributed by atoms with Gasteiger partial charge in [-0.3, -0.25) is 4.79 Å². The molecule has 0 aliphatic rings. The van der Waals surface area contributed by atoms with Crippen molar-refractivity contribution in [2.45, 2.75) is 40.9 Å². The van der Waals surface area contributed by atoms with Gasteiger partial charge in [-0.15, -0.1) is 0 Å². The zero-order valence-electron chi connectivity index (χ0n) is 14.6. The van der Waals surface area contributed by atoms with E-state index in [1.54, 1.807) is 0 Å². The van der Waals surface area contributed by atoms with Crippen LogP contribution in [-0.2, 0) is 4.79 Å². The Balaban J connectivity index is 3.53. The van der Waals surface area contributed by atoms with Gasteiger partial charge in [0, 0.05) is 5.02 Å². The van der Waals surface area contributed by atoms with Crippen LogP contribution in [0.2, 0.25) is 10.0 Å². The summed E-state index contributed by atoms with van der Waals surface area (Å²) in [6, 6.07) is 2.16. The van der Waals surface area contributed by atoms with Crippen LogP contribution in [0.4, 0.5) is 67.2 Å². The van der Waals surface area contributed by atoms with E-state index in [9.17, 15) is 66.3 Å². The Labute approximate surface area is 187 Å². The van der Waals surface area contributed by atoms with Gasteiger partial charge < -0.3 is 5.32 Å². The van der Waals surface area contributed by atoms with Crippen LogP contribution >= 0.6 is 34.8 Å². The summed E-state index contributed by atoms with van der Waals surface area (Å²) in [7, 11) is 0. The third kappa shape index (κ3) is 4.37. The van der Waals surface area contributed by atoms with Gasteiger partial charge in [0.05, 0.1) is 10.7 Å². The second kappa shape index (κ2) is 8.36. The molecule has 1 rings (SSSR count). The zero-order valence-corrected chi connectivity index (χ0v) is 16.8. The number of alkyl halides is 15. The molecule has 0 spiro atoms. The van der Waals surface area contributed by atoms with Gasteiger partial charge in [0.25, 0.3) is 0 Å². The van der Waals surface area contributed by atoms with E-state index in [0.717, 1.165) is 17.4 Å². The van der Waals surface area contributed by atoms with Crippen LogP contribution in [0.15, 0.2) is 18.2 Å². The number of carbonyl (C=O) groups excluding carboxylic acids is 1. The molecule has 190 valence electrons. The van der Waals surface area contributed by atoms with Gasteiger partial charge >= 0.3 is 46.8 Å². The SMILES string of the molecule is O=C(Nc1cc(Cl)ccc1Cl)C(F)(F)C(F)(F)C(F)(F)C(F)(F)C(F)(F)C(F)(F)C(F)(F)Cl. The van der Waals surface area contributed by atoms with E-state index >= 15 is 0 Å². The fraction of sp³-hybridized carbons (Fsp3) is 0.500. The minimum absolute atomic E-state index is 0.425. The lowest BCUT2D eigenvalue weighted by Gasteiger charge is -2.41. The van der Waals surface area contributed by atoms with Crippen molar-refractivity contribution >= 4 is 46.4 Å². The molecular weight excluding hydrogens is 570 g/mol. The molecule has 0 aliphatic heterocycles. The number of rotatable bonds is 8. The van der Waals surface area contributed by atoms with Crippen LogP contribution in [0.1, 0.15) is 0 Å². The molecule has 0 aliphatic carbocycles. The summed E-state index contributed by atoms with van der Waals surface area (Å²) in [6.45, 7) is 0. The lowest BCUT2D eigenvalue weighted by molar-refractivity contribution is -0.431. The number of carbonyl (C=O) groups is 1. The maximum Gasteiger partial charge on any atom is 0.393 e. The lowest BCUT2D eigenvalue weighted by atomic mass is 9.91. The van der Waals surface area contributed by atoms with Gasteiger partial charge in [-0.2, -0.15) is 61.5 Å². The maximum atomic E-state index is 13.8. The first-order chi connectivity index (χ1) is 14.3. The molecule has 1 N–H and O–H groups in total. The number of benzene rings is 1. The number of halogens is 17. The van der Waals surface area contributed by atoms with Crippen LogP contribution in [-0.4, -0.2) is 46.8 Å². The van der Waals surface area contributed by atoms with Crippen LogP contribution in [0.5, 0.6) is 0 Å². The molecule has 1 aromatic rings. The number of hydrogen-bond donors (Lipinski definition) is 1. The number of anilines is 1. The van der Waals surface area contributed by atoms with E-state index in [2.05, 4.69) is 11.6 Å². The van der Waals surface area contributed by atoms with Crippen LogP contribution in [0.3, 0.4) is 0 Å². The molecule has 1 aromatic carbocycles. The first-order valence-electron chi connectivity index (χ1n) is 7.40. The largest absolute Gasteiger partial charge is 0.393 e. The minimum atomic E-state index is -8.33. The van der Waals surface area contributed by atoms with E-state index in [-0.39, 0.29) is 0 Å². The van der Waals surface area contributed by atoms with E-state index < -0.39 is 62.6 Å². The third-order valence-corrected chi connectivity index (χ3v) is 4.59. The molecular formula is C14H4Cl3F14NO. The molecule has 0 atom stereocenters. The maximum absolute atomic E-state index is 13.8. The topological polar surface area (TPSA) is 29.1 Å². The van der Waals surface area contributed by atoms with E-state index in [1.165, 1.54) is 0 Å². The van der Waals surface area contributed by atoms with Crippen molar-refractivity contribution in [3.05, 3.63) is 28.2 Å². The molecule has 0 bridgehead atoms. The highest BCUT2D eigenvalue weighted by molar-refractivity contribution is 6.35. The van der Waals surface area contributed by atoms with Gasteiger partial charge in [0.15, 0.2) is 0 Å². The van der Waals surface area contributed by atoms with Crippen molar-refractivity contribution < 1.29 is 66.3 Å². The summed E-state index contributed by atoms with van der Waals surface area (Å²) < 4.78 is 187. The molecule has 2 nitrogen and oxygen atoms in total. The van der Waals surface area contributed by atoms with Gasteiger partial charge in [-0.05, 0) is 29.8 Å². The van der Waals surface area contributed by atoms with Crippen molar-refractivity contribution in [3.8, 4) is 0 Å². The van der Waals surface area contributed by atoms with Crippen LogP contribution in [0.25, 0.3) is 0 Å². The third-order valence-electron chi connectivity index (χ3n) is 3.79. The highest BCUT2D eigenvalue weighted by Gasteiger charge is 2.93. The van der Waals surface area contributed by atoms with Gasteiger partial charge in [0.1, 0.15) is 0 Å². The predicted octanol–water partition coefficient (Wildman–Crippen LogP) is 7.58. The summed E-state index contributed by atoms with van der Waals surface area (Å²) in [5.41, 5.74) is -1.08. The molecule has 0 saturated heterocycles. The van der Waals surface area contributed by atoms with Gasteiger partial charge in [-0.1, -0.05) is 23.2 Å². The smallest absolute Gasteiger partial charge is 0.319 e. The van der Waals surface area contributed by atoms with Crippen molar-refractivity contribution in [2.24, 2.45) is 0 Å². The summed E-state index contributed by atoms with van der Waals surface area (Å²) >= 11 is 14.2. The Bertz CT molecular complexity index is 915. The van der Waals surface area contributed by atoms with Crippen molar-refractivity contribution in [2.75, 3.05) is 5.32 Å². The summed E-state index contributed by atoms with van der Waals surface area (Å²) in [5, 5.41) is -7.14. The number of nitrogens with one attached hydrogen (secondary N) is 1.